The van der Waals surface area contributed by atoms with Crippen LogP contribution in [-0.2, 0) is 4.79 Å². The molecule has 2 N–H and O–H groups in total. The number of rotatable bonds is 4. The number of nitrogens with zero attached hydrogens (tertiary/aromatic N) is 1. The van der Waals surface area contributed by atoms with Crippen molar-refractivity contribution in [2.75, 3.05) is 19.7 Å². The molecule has 1 atom stereocenters. The van der Waals surface area contributed by atoms with Crippen LogP contribution >= 0.6 is 0 Å². The summed E-state index contributed by atoms with van der Waals surface area (Å²) < 4.78 is 0. The van der Waals surface area contributed by atoms with Crippen LogP contribution in [0.2, 0.25) is 0 Å². The second-order valence-corrected chi connectivity index (χ2v) is 5.35. The second-order valence-electron chi connectivity index (χ2n) is 5.35. The van der Waals surface area contributed by atoms with Crippen LogP contribution in [0, 0.1) is 0 Å². The fourth-order valence-corrected chi connectivity index (χ4v) is 3.01. The molecule has 0 aromatic heterocycles. The molecular weight excluding hydrogens is 216 g/mol. The molecule has 0 aromatic rings. The molecule has 4 nitrogen and oxygen atoms in total. The van der Waals surface area contributed by atoms with E-state index in [1.54, 1.807) is 0 Å². The van der Waals surface area contributed by atoms with Crippen LogP contribution in [0.1, 0.15) is 44.9 Å². The SMILES string of the molecule is O=C(CN1CCC[C@@H]1CO)NC1CCCCC1. The van der Waals surface area contributed by atoms with Crippen LogP contribution in [0.25, 0.3) is 0 Å². The summed E-state index contributed by atoms with van der Waals surface area (Å²) >= 11 is 0. The van der Waals surface area contributed by atoms with Crippen molar-refractivity contribution in [3.63, 3.8) is 0 Å². The molecule has 0 spiro atoms. The Hall–Kier alpha value is -0.610. The molecule has 1 aliphatic carbocycles. The number of hydrogen-bond donors (Lipinski definition) is 2. The van der Waals surface area contributed by atoms with Crippen molar-refractivity contribution in [2.45, 2.75) is 57.0 Å². The molecule has 1 saturated heterocycles. The van der Waals surface area contributed by atoms with Crippen LogP contribution in [0.3, 0.4) is 0 Å². The van der Waals surface area contributed by atoms with E-state index in [4.69, 9.17) is 0 Å². The maximum Gasteiger partial charge on any atom is 0.234 e. The highest BCUT2D eigenvalue weighted by Crippen LogP contribution is 2.18. The van der Waals surface area contributed by atoms with E-state index in [1.165, 1.54) is 19.3 Å². The number of aliphatic hydroxyl groups excluding tert-OH is 1. The van der Waals surface area contributed by atoms with E-state index in [9.17, 15) is 9.90 Å². The molecule has 0 aromatic carbocycles. The lowest BCUT2D eigenvalue weighted by atomic mass is 9.95. The van der Waals surface area contributed by atoms with Crippen LogP contribution in [0.15, 0.2) is 0 Å². The molecule has 17 heavy (non-hydrogen) atoms. The molecule has 1 aliphatic heterocycles. The van der Waals surface area contributed by atoms with E-state index in [-0.39, 0.29) is 18.6 Å². The number of hydrogen-bond acceptors (Lipinski definition) is 3. The Morgan fingerprint density at radius 1 is 1.18 bits per heavy atom. The van der Waals surface area contributed by atoms with E-state index in [2.05, 4.69) is 10.2 Å². The van der Waals surface area contributed by atoms with Gasteiger partial charge in [-0.05, 0) is 32.2 Å². The van der Waals surface area contributed by atoms with Gasteiger partial charge in [-0.15, -0.1) is 0 Å². The first kappa shape index (κ1) is 12.8. The maximum absolute atomic E-state index is 11.9. The van der Waals surface area contributed by atoms with E-state index >= 15 is 0 Å². The summed E-state index contributed by atoms with van der Waals surface area (Å²) in [6.45, 7) is 1.59. The van der Waals surface area contributed by atoms with E-state index in [0.717, 1.165) is 32.2 Å². The largest absolute Gasteiger partial charge is 0.395 e. The molecule has 2 rings (SSSR count). The summed E-state index contributed by atoms with van der Waals surface area (Å²) in [4.78, 5) is 14.0. The lowest BCUT2D eigenvalue weighted by molar-refractivity contribution is -0.123. The zero-order valence-corrected chi connectivity index (χ0v) is 10.5. The summed E-state index contributed by atoms with van der Waals surface area (Å²) in [5, 5.41) is 12.3. The number of likely N-dealkylation sites (tertiary alicyclic amines) is 1. The number of nitrogens with one attached hydrogen (secondary N) is 1. The number of carbonyl (C=O) groups excluding carboxylic acids is 1. The van der Waals surface area contributed by atoms with Gasteiger partial charge in [0.1, 0.15) is 0 Å². The van der Waals surface area contributed by atoms with Crippen molar-refractivity contribution in [2.24, 2.45) is 0 Å². The Morgan fingerprint density at radius 2 is 1.94 bits per heavy atom. The van der Waals surface area contributed by atoms with Crippen LogP contribution in [0.4, 0.5) is 0 Å². The summed E-state index contributed by atoms with van der Waals surface area (Å²) in [5.74, 6) is 0.136. The van der Waals surface area contributed by atoms with Crippen molar-refractivity contribution in [1.29, 1.82) is 0 Å². The average Bonchev–Trinajstić information content (AvgIpc) is 2.77. The summed E-state index contributed by atoms with van der Waals surface area (Å²) in [5.41, 5.74) is 0. The van der Waals surface area contributed by atoms with Gasteiger partial charge in [-0.2, -0.15) is 0 Å². The molecular formula is C13H24N2O2. The van der Waals surface area contributed by atoms with Gasteiger partial charge in [0.05, 0.1) is 13.2 Å². The number of carbonyl (C=O) groups is 1. The molecule has 0 radical (unpaired) electrons. The first-order valence-corrected chi connectivity index (χ1v) is 6.94. The highest BCUT2D eigenvalue weighted by atomic mass is 16.3. The number of amides is 1. The smallest absolute Gasteiger partial charge is 0.234 e. The minimum Gasteiger partial charge on any atom is -0.395 e. The lowest BCUT2D eigenvalue weighted by Crippen LogP contribution is -2.44. The van der Waals surface area contributed by atoms with Crippen molar-refractivity contribution in [3.05, 3.63) is 0 Å². The van der Waals surface area contributed by atoms with Crippen molar-refractivity contribution < 1.29 is 9.90 Å². The monoisotopic (exact) mass is 240 g/mol. The first-order valence-electron chi connectivity index (χ1n) is 6.94. The normalized spacial score (nSPS) is 27.2. The topological polar surface area (TPSA) is 52.6 Å². The van der Waals surface area contributed by atoms with E-state index in [1.807, 2.05) is 0 Å². The van der Waals surface area contributed by atoms with Gasteiger partial charge < -0.3 is 10.4 Å². The van der Waals surface area contributed by atoms with Crippen molar-refractivity contribution in [3.8, 4) is 0 Å². The van der Waals surface area contributed by atoms with Gasteiger partial charge in [0, 0.05) is 12.1 Å². The third kappa shape index (κ3) is 3.68. The quantitative estimate of drug-likeness (QED) is 0.767. The van der Waals surface area contributed by atoms with E-state index < -0.39 is 0 Å². The lowest BCUT2D eigenvalue weighted by Gasteiger charge is -2.26. The second kappa shape index (κ2) is 6.36. The summed E-state index contributed by atoms with van der Waals surface area (Å²) in [7, 11) is 0. The van der Waals surface area contributed by atoms with Gasteiger partial charge in [-0.1, -0.05) is 19.3 Å². The molecule has 1 heterocycles. The van der Waals surface area contributed by atoms with Crippen molar-refractivity contribution in [1.82, 2.24) is 10.2 Å². The molecule has 4 heteroatoms. The van der Waals surface area contributed by atoms with Gasteiger partial charge in [-0.3, -0.25) is 9.69 Å². The maximum atomic E-state index is 11.9. The molecule has 2 fully saturated rings. The molecule has 0 bridgehead atoms. The average molecular weight is 240 g/mol. The zero-order chi connectivity index (χ0) is 12.1. The van der Waals surface area contributed by atoms with Gasteiger partial charge in [0.25, 0.3) is 0 Å². The zero-order valence-electron chi connectivity index (χ0n) is 10.5. The fourth-order valence-electron chi connectivity index (χ4n) is 3.01. The number of aliphatic hydroxyl groups is 1. The predicted molar refractivity (Wildman–Crippen MR) is 66.7 cm³/mol. The minimum absolute atomic E-state index is 0.136. The van der Waals surface area contributed by atoms with Crippen LogP contribution < -0.4 is 5.32 Å². The van der Waals surface area contributed by atoms with E-state index in [0.29, 0.717) is 12.6 Å². The third-order valence-corrected chi connectivity index (χ3v) is 4.03. The van der Waals surface area contributed by atoms with Crippen molar-refractivity contribution >= 4 is 5.91 Å². The van der Waals surface area contributed by atoms with Gasteiger partial charge >= 0.3 is 0 Å². The minimum atomic E-state index is 0.136. The first-order chi connectivity index (χ1) is 8.29. The Balaban J connectivity index is 1.72. The Kier molecular flexibility index (Phi) is 4.80. The predicted octanol–water partition coefficient (Wildman–Crippen LogP) is 0.892. The fraction of sp³-hybridized carbons (Fsp3) is 0.923. The van der Waals surface area contributed by atoms with Gasteiger partial charge in [0.2, 0.25) is 5.91 Å². The highest BCUT2D eigenvalue weighted by molar-refractivity contribution is 5.78. The Bertz CT molecular complexity index is 252. The summed E-state index contributed by atoms with van der Waals surface area (Å²) in [6.07, 6.45) is 8.19. The molecule has 1 amide bonds. The summed E-state index contributed by atoms with van der Waals surface area (Å²) in [6, 6.07) is 0.596. The van der Waals surface area contributed by atoms with Crippen LogP contribution in [0.5, 0.6) is 0 Å². The van der Waals surface area contributed by atoms with Crippen LogP contribution in [-0.4, -0.2) is 47.7 Å². The Morgan fingerprint density at radius 3 is 2.65 bits per heavy atom. The standard InChI is InChI=1S/C13H24N2O2/c16-10-12-7-4-8-15(12)9-13(17)14-11-5-2-1-3-6-11/h11-12,16H,1-10H2,(H,14,17)/t12-/m1/s1. The Labute approximate surface area is 103 Å². The molecule has 98 valence electrons. The third-order valence-electron chi connectivity index (χ3n) is 4.03. The van der Waals surface area contributed by atoms with Gasteiger partial charge in [-0.25, -0.2) is 0 Å². The molecule has 0 unspecified atom stereocenters. The van der Waals surface area contributed by atoms with Gasteiger partial charge in [0.15, 0.2) is 0 Å². The highest BCUT2D eigenvalue weighted by Gasteiger charge is 2.26. The molecule has 1 saturated carbocycles. The molecule has 2 aliphatic rings.